The van der Waals surface area contributed by atoms with Gasteiger partial charge in [0.05, 0.1) is 0 Å². The van der Waals surface area contributed by atoms with E-state index in [0.717, 1.165) is 16.8 Å². The molecule has 0 saturated heterocycles. The summed E-state index contributed by atoms with van der Waals surface area (Å²) < 4.78 is 0. The monoisotopic (exact) mass is 284 g/mol. The van der Waals surface area contributed by atoms with Crippen molar-refractivity contribution in [2.75, 3.05) is 5.32 Å². The lowest BCUT2D eigenvalue weighted by molar-refractivity contribution is 0.102. The molecule has 3 N–H and O–H groups in total. The zero-order chi connectivity index (χ0) is 14.7. The van der Waals surface area contributed by atoms with Crippen LogP contribution >= 0.6 is 12.2 Å². The van der Waals surface area contributed by atoms with Gasteiger partial charge in [-0.15, -0.1) is 0 Å². The Morgan fingerprint density at radius 2 is 1.80 bits per heavy atom. The largest absolute Gasteiger partial charge is 0.389 e. The zero-order valence-electron chi connectivity index (χ0n) is 11.4. The van der Waals surface area contributed by atoms with Crippen LogP contribution in [-0.4, -0.2) is 10.9 Å². The third-order valence-electron chi connectivity index (χ3n) is 3.04. The SMILES string of the molecule is Cc1ccc(NC(=O)c2cccc(C(N)=S)c2)c(C)c1. The van der Waals surface area contributed by atoms with E-state index in [4.69, 9.17) is 18.0 Å². The van der Waals surface area contributed by atoms with Crippen molar-refractivity contribution >= 4 is 28.8 Å². The van der Waals surface area contributed by atoms with Crippen LogP contribution in [0, 0.1) is 13.8 Å². The lowest BCUT2D eigenvalue weighted by atomic mass is 10.1. The third kappa shape index (κ3) is 3.22. The molecule has 2 rings (SSSR count). The van der Waals surface area contributed by atoms with Crippen molar-refractivity contribution in [2.24, 2.45) is 5.73 Å². The van der Waals surface area contributed by atoms with Crippen molar-refractivity contribution in [3.8, 4) is 0 Å². The second-order valence-electron chi connectivity index (χ2n) is 4.72. The molecule has 0 unspecified atom stereocenters. The van der Waals surface area contributed by atoms with Crippen molar-refractivity contribution in [3.05, 3.63) is 64.7 Å². The van der Waals surface area contributed by atoms with Crippen molar-refractivity contribution in [1.29, 1.82) is 0 Å². The van der Waals surface area contributed by atoms with Gasteiger partial charge in [-0.3, -0.25) is 4.79 Å². The number of thiocarbonyl (C=S) groups is 1. The smallest absolute Gasteiger partial charge is 0.255 e. The second-order valence-corrected chi connectivity index (χ2v) is 5.16. The van der Waals surface area contributed by atoms with Gasteiger partial charge in [-0.2, -0.15) is 0 Å². The lowest BCUT2D eigenvalue weighted by Gasteiger charge is -2.10. The molecular weight excluding hydrogens is 268 g/mol. The van der Waals surface area contributed by atoms with E-state index in [1.165, 1.54) is 0 Å². The first kappa shape index (κ1) is 14.2. The van der Waals surface area contributed by atoms with Crippen molar-refractivity contribution < 1.29 is 4.79 Å². The maximum Gasteiger partial charge on any atom is 0.255 e. The Bertz CT molecular complexity index is 680. The topological polar surface area (TPSA) is 55.1 Å². The van der Waals surface area contributed by atoms with Crippen LogP contribution in [0.25, 0.3) is 0 Å². The Morgan fingerprint density at radius 1 is 1.10 bits per heavy atom. The Kier molecular flexibility index (Phi) is 4.15. The minimum atomic E-state index is -0.171. The average molecular weight is 284 g/mol. The van der Waals surface area contributed by atoms with E-state index in [1.54, 1.807) is 24.3 Å². The zero-order valence-corrected chi connectivity index (χ0v) is 12.3. The Labute approximate surface area is 123 Å². The normalized spacial score (nSPS) is 10.1. The predicted molar refractivity (Wildman–Crippen MR) is 86.2 cm³/mol. The number of amides is 1. The summed E-state index contributed by atoms with van der Waals surface area (Å²) in [6, 6.07) is 12.9. The highest BCUT2D eigenvalue weighted by Gasteiger charge is 2.09. The number of hydrogen-bond acceptors (Lipinski definition) is 2. The molecule has 2 aromatic carbocycles. The molecule has 0 spiro atoms. The van der Waals surface area contributed by atoms with E-state index in [-0.39, 0.29) is 10.9 Å². The molecule has 2 aromatic rings. The third-order valence-corrected chi connectivity index (χ3v) is 3.28. The number of carbonyl (C=O) groups is 1. The Morgan fingerprint density at radius 3 is 2.45 bits per heavy atom. The van der Waals surface area contributed by atoms with E-state index in [9.17, 15) is 4.79 Å². The summed E-state index contributed by atoms with van der Waals surface area (Å²) in [6.07, 6.45) is 0. The van der Waals surface area contributed by atoms with E-state index in [0.29, 0.717) is 11.1 Å². The molecule has 102 valence electrons. The molecule has 20 heavy (non-hydrogen) atoms. The van der Waals surface area contributed by atoms with Gasteiger partial charge in [0, 0.05) is 16.8 Å². The molecule has 0 radical (unpaired) electrons. The van der Waals surface area contributed by atoms with Gasteiger partial charge in [0.2, 0.25) is 0 Å². The van der Waals surface area contributed by atoms with Gasteiger partial charge >= 0.3 is 0 Å². The molecule has 0 bridgehead atoms. The van der Waals surface area contributed by atoms with Gasteiger partial charge in [0.25, 0.3) is 5.91 Å². The number of aryl methyl sites for hydroxylation is 2. The molecule has 0 aliphatic carbocycles. The van der Waals surface area contributed by atoms with Gasteiger partial charge in [0.15, 0.2) is 0 Å². The molecule has 0 aliphatic rings. The Hall–Kier alpha value is -2.20. The molecular formula is C16H16N2OS. The number of hydrogen-bond donors (Lipinski definition) is 2. The standard InChI is InChI=1S/C16H16N2OS/c1-10-6-7-14(11(2)8-10)18-16(19)13-5-3-4-12(9-13)15(17)20/h3-9H,1-2H3,(H2,17,20)(H,18,19). The first-order valence-corrected chi connectivity index (χ1v) is 6.66. The van der Waals surface area contributed by atoms with Gasteiger partial charge < -0.3 is 11.1 Å². The van der Waals surface area contributed by atoms with E-state index in [2.05, 4.69) is 5.32 Å². The predicted octanol–water partition coefficient (Wildman–Crippen LogP) is 3.19. The van der Waals surface area contributed by atoms with E-state index in [1.807, 2.05) is 32.0 Å². The van der Waals surface area contributed by atoms with E-state index < -0.39 is 0 Å². The number of anilines is 1. The number of nitrogens with two attached hydrogens (primary N) is 1. The van der Waals surface area contributed by atoms with Crippen LogP contribution in [-0.2, 0) is 0 Å². The molecule has 1 amide bonds. The summed E-state index contributed by atoms with van der Waals surface area (Å²) in [5, 5.41) is 2.90. The number of benzene rings is 2. The molecule has 0 fully saturated rings. The van der Waals surface area contributed by atoms with Crippen molar-refractivity contribution in [3.63, 3.8) is 0 Å². The van der Waals surface area contributed by atoms with Gasteiger partial charge in [-0.05, 0) is 37.6 Å². The molecule has 3 nitrogen and oxygen atoms in total. The fourth-order valence-corrected chi connectivity index (χ4v) is 2.09. The van der Waals surface area contributed by atoms with Gasteiger partial charge in [-0.1, -0.05) is 42.0 Å². The molecule has 0 heterocycles. The second kappa shape index (κ2) is 5.84. The minimum Gasteiger partial charge on any atom is -0.389 e. The summed E-state index contributed by atoms with van der Waals surface area (Å²) in [6.45, 7) is 3.98. The highest BCUT2D eigenvalue weighted by atomic mass is 32.1. The fraction of sp³-hybridized carbons (Fsp3) is 0.125. The van der Waals surface area contributed by atoms with Crippen molar-refractivity contribution in [2.45, 2.75) is 13.8 Å². The quantitative estimate of drug-likeness (QED) is 0.851. The molecule has 0 atom stereocenters. The summed E-state index contributed by atoms with van der Waals surface area (Å²) in [5.74, 6) is -0.171. The van der Waals surface area contributed by atoms with Crippen LogP contribution in [0.15, 0.2) is 42.5 Å². The first-order valence-electron chi connectivity index (χ1n) is 6.26. The van der Waals surface area contributed by atoms with Crippen molar-refractivity contribution in [1.82, 2.24) is 0 Å². The van der Waals surface area contributed by atoms with Gasteiger partial charge in [-0.25, -0.2) is 0 Å². The lowest BCUT2D eigenvalue weighted by Crippen LogP contribution is -2.15. The molecule has 4 heteroatoms. The van der Waals surface area contributed by atoms with E-state index >= 15 is 0 Å². The highest BCUT2D eigenvalue weighted by Crippen LogP contribution is 2.17. The maximum atomic E-state index is 12.2. The summed E-state index contributed by atoms with van der Waals surface area (Å²) in [5.41, 5.74) is 9.80. The Balaban J connectivity index is 2.24. The van der Waals surface area contributed by atoms with Crippen LogP contribution in [0.2, 0.25) is 0 Å². The summed E-state index contributed by atoms with van der Waals surface area (Å²) in [7, 11) is 0. The minimum absolute atomic E-state index is 0.171. The maximum absolute atomic E-state index is 12.2. The average Bonchev–Trinajstić information content (AvgIpc) is 2.42. The first-order chi connectivity index (χ1) is 9.47. The van der Waals surface area contributed by atoms with Gasteiger partial charge in [0.1, 0.15) is 4.99 Å². The van der Waals surface area contributed by atoms with Crippen LogP contribution in [0.5, 0.6) is 0 Å². The van der Waals surface area contributed by atoms with Crippen LogP contribution < -0.4 is 11.1 Å². The molecule has 0 aliphatic heterocycles. The van der Waals surface area contributed by atoms with Crippen LogP contribution in [0.1, 0.15) is 27.0 Å². The highest BCUT2D eigenvalue weighted by molar-refractivity contribution is 7.80. The molecule has 0 aromatic heterocycles. The summed E-state index contributed by atoms with van der Waals surface area (Å²) in [4.78, 5) is 12.5. The van der Waals surface area contributed by atoms with Crippen LogP contribution in [0.4, 0.5) is 5.69 Å². The summed E-state index contributed by atoms with van der Waals surface area (Å²) >= 11 is 4.92. The number of rotatable bonds is 3. The van der Waals surface area contributed by atoms with Crippen LogP contribution in [0.3, 0.4) is 0 Å². The number of nitrogens with one attached hydrogen (secondary N) is 1. The molecule has 0 saturated carbocycles. The number of carbonyl (C=O) groups excluding carboxylic acids is 1. The fourth-order valence-electron chi connectivity index (χ4n) is 1.96.